The van der Waals surface area contributed by atoms with E-state index in [-0.39, 0.29) is 0 Å². The van der Waals surface area contributed by atoms with Crippen LogP contribution in [0.3, 0.4) is 0 Å². The number of hydrogen-bond donors (Lipinski definition) is 4. The molecule has 0 unspecified atom stereocenters. The first-order valence-electron chi connectivity index (χ1n) is 26.2. The molecule has 58 heavy (non-hydrogen) atoms. The van der Waals surface area contributed by atoms with Crippen molar-refractivity contribution in [1.29, 1.82) is 0 Å². The minimum absolute atomic E-state index is 0.341. The van der Waals surface area contributed by atoms with E-state index < -0.39 is 11.9 Å². The van der Waals surface area contributed by atoms with Gasteiger partial charge in [0.05, 0.1) is 0 Å². The number of aliphatic hydroxyl groups excluding tert-OH is 2. The summed E-state index contributed by atoms with van der Waals surface area (Å²) in [6.45, 7) is 0.722. The van der Waals surface area contributed by atoms with Gasteiger partial charge in [0.15, 0.2) is 0 Å². The van der Waals surface area contributed by atoms with Gasteiger partial charge in [0.25, 0.3) is 0 Å². The highest BCUT2D eigenvalue weighted by Gasteiger charge is 2.00. The lowest BCUT2D eigenvalue weighted by molar-refractivity contribution is -0.138. The Labute approximate surface area is 362 Å². The van der Waals surface area contributed by atoms with Crippen LogP contribution in [0, 0.1) is 0 Å². The van der Waals surface area contributed by atoms with Gasteiger partial charge in [0.1, 0.15) is 0 Å². The molecule has 0 aliphatic rings. The first-order chi connectivity index (χ1) is 28.5. The summed E-state index contributed by atoms with van der Waals surface area (Å²) in [6.07, 6.45) is 61.4. The predicted octanol–water partition coefficient (Wildman–Crippen LogP) is 16.9. The lowest BCUT2D eigenvalue weighted by atomic mass is 10.0. The summed E-state index contributed by atoms with van der Waals surface area (Å²) in [5, 5.41) is 34.6. The van der Waals surface area contributed by atoms with Gasteiger partial charge in [-0.05, 0) is 25.7 Å². The summed E-state index contributed by atoms with van der Waals surface area (Å²) in [5.74, 6) is -1.31. The number of hydrogen-bond acceptors (Lipinski definition) is 4. The van der Waals surface area contributed by atoms with Gasteiger partial charge >= 0.3 is 11.9 Å². The predicted molar refractivity (Wildman–Crippen MR) is 251 cm³/mol. The normalized spacial score (nSPS) is 11.2. The van der Waals surface area contributed by atoms with E-state index in [0.29, 0.717) is 26.1 Å². The van der Waals surface area contributed by atoms with Gasteiger partial charge in [0.2, 0.25) is 0 Å². The summed E-state index contributed by atoms with van der Waals surface area (Å²) in [4.78, 5) is 20.8. The summed E-state index contributed by atoms with van der Waals surface area (Å²) in [6, 6.07) is 0. The second-order valence-corrected chi connectivity index (χ2v) is 18.0. The highest BCUT2D eigenvalue weighted by molar-refractivity contribution is 5.66. The summed E-state index contributed by atoms with van der Waals surface area (Å²) in [5.41, 5.74) is 0. The van der Waals surface area contributed by atoms with Crippen molar-refractivity contribution in [3.05, 3.63) is 0 Å². The molecule has 4 N–H and O–H groups in total. The van der Waals surface area contributed by atoms with Gasteiger partial charge < -0.3 is 20.4 Å². The molecular formula is C52H104O6. The second-order valence-electron chi connectivity index (χ2n) is 18.0. The van der Waals surface area contributed by atoms with Crippen molar-refractivity contribution >= 4 is 11.9 Å². The summed E-state index contributed by atoms with van der Waals surface area (Å²) >= 11 is 0. The molecule has 348 valence electrons. The molecule has 0 aromatic rings. The number of carboxylic acid groups (broad SMARTS) is 2. The fraction of sp³-hybridized carbons (Fsp3) is 0.962. The molecule has 0 aliphatic carbocycles. The van der Waals surface area contributed by atoms with E-state index in [1.165, 1.54) is 257 Å². The van der Waals surface area contributed by atoms with Crippen LogP contribution >= 0.6 is 0 Å². The Morgan fingerprint density at radius 1 is 0.190 bits per heavy atom. The molecule has 0 aromatic carbocycles. The molecule has 0 radical (unpaired) electrons. The third kappa shape index (κ3) is 61.5. The number of aliphatic carboxylic acids is 2. The third-order valence-electron chi connectivity index (χ3n) is 12.1. The van der Waals surface area contributed by atoms with E-state index in [0.717, 1.165) is 38.5 Å². The minimum atomic E-state index is -0.655. The molecule has 0 fully saturated rings. The lowest BCUT2D eigenvalue weighted by Crippen LogP contribution is -1.93. The molecule has 6 nitrogen and oxygen atoms in total. The minimum Gasteiger partial charge on any atom is -0.481 e. The van der Waals surface area contributed by atoms with Crippen molar-refractivity contribution < 1.29 is 30.0 Å². The van der Waals surface area contributed by atoms with Crippen LogP contribution in [0.25, 0.3) is 0 Å². The maximum atomic E-state index is 10.4. The van der Waals surface area contributed by atoms with Crippen molar-refractivity contribution in [3.8, 4) is 0 Å². The molecule has 6 heteroatoms. The van der Waals surface area contributed by atoms with Crippen LogP contribution in [-0.4, -0.2) is 45.6 Å². The molecule has 0 rings (SSSR count). The van der Waals surface area contributed by atoms with Gasteiger partial charge in [-0.2, -0.15) is 0 Å². The third-order valence-corrected chi connectivity index (χ3v) is 12.1. The standard InChI is InChI=1S/2C26H52O3/c2*27-25-23-21-19-17-15-13-11-9-7-5-3-1-2-4-6-8-10-12-14-16-18-20-22-24-26(28)29/h2*27H,1-25H2,(H,28,29). The van der Waals surface area contributed by atoms with E-state index in [2.05, 4.69) is 0 Å². The Morgan fingerprint density at radius 3 is 0.397 bits per heavy atom. The zero-order chi connectivity index (χ0) is 42.5. The van der Waals surface area contributed by atoms with Gasteiger partial charge in [-0.15, -0.1) is 0 Å². The zero-order valence-electron chi connectivity index (χ0n) is 39.0. The van der Waals surface area contributed by atoms with Crippen molar-refractivity contribution in [2.24, 2.45) is 0 Å². The molecule has 0 heterocycles. The highest BCUT2D eigenvalue weighted by atomic mass is 16.4. The maximum absolute atomic E-state index is 10.4. The fourth-order valence-corrected chi connectivity index (χ4v) is 8.20. The average molecular weight is 825 g/mol. The monoisotopic (exact) mass is 825 g/mol. The average Bonchev–Trinajstić information content (AvgIpc) is 3.21. The highest BCUT2D eigenvalue weighted by Crippen LogP contribution is 2.18. The second kappa shape index (κ2) is 55.9. The van der Waals surface area contributed by atoms with Crippen LogP contribution in [0.15, 0.2) is 0 Å². The van der Waals surface area contributed by atoms with Crippen LogP contribution in [0.4, 0.5) is 0 Å². The first-order valence-corrected chi connectivity index (χ1v) is 26.2. The van der Waals surface area contributed by atoms with Gasteiger partial charge in [0, 0.05) is 26.1 Å². The number of carboxylic acids is 2. The van der Waals surface area contributed by atoms with E-state index >= 15 is 0 Å². The van der Waals surface area contributed by atoms with Gasteiger partial charge in [-0.1, -0.05) is 270 Å². The molecule has 0 spiro atoms. The SMILES string of the molecule is O=C(O)CCCCCCCCCCCCCCCCCCCCCCCCCO.O=C(O)CCCCCCCCCCCCCCCCCCCCCCCCCO. The number of unbranched alkanes of at least 4 members (excludes halogenated alkanes) is 44. The van der Waals surface area contributed by atoms with Crippen LogP contribution in [-0.2, 0) is 9.59 Å². The van der Waals surface area contributed by atoms with Crippen molar-refractivity contribution in [2.45, 2.75) is 308 Å². The number of carbonyl (C=O) groups is 2. The molecule has 0 amide bonds. The Morgan fingerprint density at radius 2 is 0.293 bits per heavy atom. The van der Waals surface area contributed by atoms with Crippen molar-refractivity contribution in [1.82, 2.24) is 0 Å². The zero-order valence-corrected chi connectivity index (χ0v) is 39.0. The molecule has 0 aromatic heterocycles. The Bertz CT molecular complexity index is 696. The van der Waals surface area contributed by atoms with E-state index in [1.807, 2.05) is 0 Å². The number of aliphatic hydroxyl groups is 2. The maximum Gasteiger partial charge on any atom is 0.303 e. The Hall–Kier alpha value is -1.14. The van der Waals surface area contributed by atoms with E-state index in [4.69, 9.17) is 20.4 Å². The van der Waals surface area contributed by atoms with Crippen molar-refractivity contribution in [3.63, 3.8) is 0 Å². The smallest absolute Gasteiger partial charge is 0.303 e. The molecule has 0 saturated heterocycles. The largest absolute Gasteiger partial charge is 0.481 e. The van der Waals surface area contributed by atoms with Crippen LogP contribution in [0.5, 0.6) is 0 Å². The van der Waals surface area contributed by atoms with Crippen LogP contribution in [0.1, 0.15) is 308 Å². The molecule has 0 saturated carbocycles. The molecular weight excluding hydrogens is 721 g/mol. The van der Waals surface area contributed by atoms with E-state index in [1.54, 1.807) is 0 Å². The molecule has 0 bridgehead atoms. The molecule has 0 aliphatic heterocycles. The van der Waals surface area contributed by atoms with Crippen LogP contribution < -0.4 is 0 Å². The fourth-order valence-electron chi connectivity index (χ4n) is 8.20. The number of rotatable bonds is 50. The van der Waals surface area contributed by atoms with E-state index in [9.17, 15) is 9.59 Å². The van der Waals surface area contributed by atoms with Gasteiger partial charge in [-0.3, -0.25) is 9.59 Å². The van der Waals surface area contributed by atoms with Crippen molar-refractivity contribution in [2.75, 3.05) is 13.2 Å². The lowest BCUT2D eigenvalue weighted by Gasteiger charge is -2.04. The topological polar surface area (TPSA) is 115 Å². The van der Waals surface area contributed by atoms with Crippen LogP contribution in [0.2, 0.25) is 0 Å². The first kappa shape index (κ1) is 59.0. The van der Waals surface area contributed by atoms with Gasteiger partial charge in [-0.25, -0.2) is 0 Å². The molecule has 0 atom stereocenters. The Kier molecular flexibility index (Phi) is 56.8. The summed E-state index contributed by atoms with van der Waals surface area (Å²) in [7, 11) is 0. The Balaban J connectivity index is 0. The summed E-state index contributed by atoms with van der Waals surface area (Å²) < 4.78 is 0. The quantitative estimate of drug-likeness (QED) is 0.0454.